The molecule has 1 aliphatic rings. The Labute approximate surface area is 212 Å². The van der Waals surface area contributed by atoms with Crippen LogP contribution in [-0.4, -0.2) is 79.9 Å². The van der Waals surface area contributed by atoms with Crippen molar-refractivity contribution in [2.45, 2.75) is 18.7 Å². The Morgan fingerprint density at radius 3 is 2.17 bits per heavy atom. The Morgan fingerprint density at radius 2 is 1.58 bits per heavy atom. The van der Waals surface area contributed by atoms with Crippen molar-refractivity contribution in [2.75, 3.05) is 51.3 Å². The van der Waals surface area contributed by atoms with Crippen molar-refractivity contribution in [3.63, 3.8) is 0 Å². The summed E-state index contributed by atoms with van der Waals surface area (Å²) >= 11 is 0. The van der Waals surface area contributed by atoms with E-state index in [0.717, 1.165) is 22.8 Å². The van der Waals surface area contributed by atoms with Crippen LogP contribution >= 0.6 is 0 Å². The molecule has 1 saturated heterocycles. The zero-order valence-electron chi connectivity index (χ0n) is 20.8. The highest BCUT2D eigenvalue weighted by molar-refractivity contribution is 7.89. The van der Waals surface area contributed by atoms with Crippen LogP contribution in [0.1, 0.15) is 24.2 Å². The molecule has 0 atom stereocenters. The topological polar surface area (TPSA) is 95.9 Å². The average molecular weight is 510 g/mol. The summed E-state index contributed by atoms with van der Waals surface area (Å²) < 4.78 is 32.0. The summed E-state index contributed by atoms with van der Waals surface area (Å²) in [7, 11) is -1.92. The van der Waals surface area contributed by atoms with Gasteiger partial charge in [-0.25, -0.2) is 18.4 Å². The number of amides is 1. The van der Waals surface area contributed by atoms with Gasteiger partial charge in [-0.2, -0.15) is 4.31 Å². The monoisotopic (exact) mass is 509 g/mol. The second-order valence-electron chi connectivity index (χ2n) is 8.38. The van der Waals surface area contributed by atoms with E-state index in [1.165, 1.54) is 16.4 Å². The lowest BCUT2D eigenvalue weighted by molar-refractivity contribution is 0.0746. The van der Waals surface area contributed by atoms with Crippen molar-refractivity contribution in [1.82, 2.24) is 19.2 Å². The van der Waals surface area contributed by atoms with Gasteiger partial charge in [0.25, 0.3) is 5.91 Å². The van der Waals surface area contributed by atoms with Crippen LogP contribution in [0.2, 0.25) is 0 Å². The Hall–Kier alpha value is -3.50. The minimum atomic E-state index is -3.55. The molecule has 36 heavy (non-hydrogen) atoms. The largest absolute Gasteiger partial charge is 0.497 e. The number of methoxy groups -OCH3 is 1. The molecule has 9 nitrogen and oxygen atoms in total. The van der Waals surface area contributed by atoms with E-state index in [-0.39, 0.29) is 10.8 Å². The second kappa shape index (κ2) is 11.0. The van der Waals surface area contributed by atoms with Gasteiger partial charge in [0.05, 0.1) is 17.7 Å². The van der Waals surface area contributed by atoms with Gasteiger partial charge in [0.15, 0.2) is 0 Å². The molecule has 0 N–H and O–H groups in total. The molecule has 0 spiro atoms. The zero-order chi connectivity index (χ0) is 25.7. The Balaban J connectivity index is 1.40. The number of carbonyl (C=O) groups excluding carboxylic acids is 1. The SMILES string of the molecule is CCN(CC)S(=O)(=O)c1ccc(C(=O)N2CCN(c3cc(-c4ccc(OC)cc4)ncn3)CC2)cc1. The van der Waals surface area contributed by atoms with Crippen LogP contribution in [-0.2, 0) is 10.0 Å². The number of piperazine rings is 1. The molecule has 2 aromatic carbocycles. The molecule has 1 aromatic heterocycles. The van der Waals surface area contributed by atoms with Gasteiger partial charge < -0.3 is 14.5 Å². The van der Waals surface area contributed by atoms with Gasteiger partial charge in [0.2, 0.25) is 10.0 Å². The molecule has 190 valence electrons. The van der Waals surface area contributed by atoms with Gasteiger partial charge in [-0.1, -0.05) is 13.8 Å². The fraction of sp³-hybridized carbons (Fsp3) is 0.346. The standard InChI is InChI=1S/C26H31N5O4S/c1-4-31(5-2)36(33,34)23-12-8-21(9-13-23)26(32)30-16-14-29(15-17-30)25-18-24(27-19-28-25)20-6-10-22(35-3)11-7-20/h6-13,18-19H,4-5,14-17H2,1-3H3. The van der Waals surface area contributed by atoms with Crippen molar-refractivity contribution in [2.24, 2.45) is 0 Å². The van der Waals surface area contributed by atoms with Crippen molar-refractivity contribution in [3.05, 3.63) is 66.5 Å². The van der Waals surface area contributed by atoms with E-state index in [9.17, 15) is 13.2 Å². The zero-order valence-corrected chi connectivity index (χ0v) is 21.6. The summed E-state index contributed by atoms with van der Waals surface area (Å²) in [5.74, 6) is 1.49. The normalized spacial score (nSPS) is 14.2. The molecular weight excluding hydrogens is 478 g/mol. The molecule has 4 rings (SSSR count). The fourth-order valence-electron chi connectivity index (χ4n) is 4.24. The van der Waals surface area contributed by atoms with Crippen molar-refractivity contribution in [3.8, 4) is 17.0 Å². The lowest BCUT2D eigenvalue weighted by Gasteiger charge is -2.35. The second-order valence-corrected chi connectivity index (χ2v) is 10.3. The molecule has 1 aliphatic heterocycles. The lowest BCUT2D eigenvalue weighted by atomic mass is 10.1. The third kappa shape index (κ3) is 5.34. The smallest absolute Gasteiger partial charge is 0.253 e. The molecule has 0 unspecified atom stereocenters. The Bertz CT molecular complexity index is 1280. The summed E-state index contributed by atoms with van der Waals surface area (Å²) in [5.41, 5.74) is 2.27. The first-order valence-corrected chi connectivity index (χ1v) is 13.4. The first-order valence-electron chi connectivity index (χ1n) is 12.0. The molecule has 10 heteroatoms. The van der Waals surface area contributed by atoms with Crippen LogP contribution in [0, 0.1) is 0 Å². The quantitative estimate of drug-likeness (QED) is 0.460. The van der Waals surface area contributed by atoms with Crippen molar-refractivity contribution in [1.29, 1.82) is 0 Å². The lowest BCUT2D eigenvalue weighted by Crippen LogP contribution is -2.49. The molecule has 0 radical (unpaired) electrons. The molecule has 0 aliphatic carbocycles. The van der Waals surface area contributed by atoms with Crippen LogP contribution in [0.15, 0.2) is 65.8 Å². The predicted molar refractivity (Wildman–Crippen MR) is 139 cm³/mol. The van der Waals surface area contributed by atoms with Crippen LogP contribution in [0.25, 0.3) is 11.3 Å². The van der Waals surface area contributed by atoms with Gasteiger partial charge >= 0.3 is 0 Å². The van der Waals surface area contributed by atoms with Crippen LogP contribution in [0.5, 0.6) is 5.75 Å². The van der Waals surface area contributed by atoms with Gasteiger partial charge in [-0.05, 0) is 48.5 Å². The number of nitrogens with zero attached hydrogens (tertiary/aromatic N) is 5. The third-order valence-corrected chi connectivity index (χ3v) is 8.44. The fourth-order valence-corrected chi connectivity index (χ4v) is 5.70. The number of aromatic nitrogens is 2. The maximum Gasteiger partial charge on any atom is 0.253 e. The number of sulfonamides is 1. The molecular formula is C26H31N5O4S. The summed E-state index contributed by atoms with van der Waals surface area (Å²) in [4.78, 5) is 26.0. The number of hydrogen-bond acceptors (Lipinski definition) is 7. The highest BCUT2D eigenvalue weighted by Crippen LogP contribution is 2.24. The number of rotatable bonds is 8. The predicted octanol–water partition coefficient (Wildman–Crippen LogP) is 3.15. The van der Waals surface area contributed by atoms with Gasteiger partial charge in [0.1, 0.15) is 17.9 Å². The molecule has 3 aromatic rings. The molecule has 1 fully saturated rings. The van der Waals surface area contributed by atoms with Crippen molar-refractivity contribution >= 4 is 21.7 Å². The van der Waals surface area contributed by atoms with Crippen LogP contribution in [0.3, 0.4) is 0 Å². The van der Waals surface area contributed by atoms with Crippen molar-refractivity contribution < 1.29 is 17.9 Å². The van der Waals surface area contributed by atoms with E-state index >= 15 is 0 Å². The summed E-state index contributed by atoms with van der Waals surface area (Å²) in [6.45, 7) is 6.77. The van der Waals surface area contributed by atoms with Crippen LogP contribution < -0.4 is 9.64 Å². The Kier molecular flexibility index (Phi) is 7.85. The van der Waals surface area contributed by atoms with E-state index in [0.29, 0.717) is 44.8 Å². The van der Waals surface area contributed by atoms with E-state index in [1.807, 2.05) is 30.3 Å². The number of hydrogen-bond donors (Lipinski definition) is 0. The number of ether oxygens (including phenoxy) is 1. The third-order valence-electron chi connectivity index (χ3n) is 6.37. The summed E-state index contributed by atoms with van der Waals surface area (Å²) in [6, 6.07) is 15.9. The van der Waals surface area contributed by atoms with E-state index < -0.39 is 10.0 Å². The number of benzene rings is 2. The summed E-state index contributed by atoms with van der Waals surface area (Å²) in [5, 5.41) is 0. The molecule has 0 bridgehead atoms. The van der Waals surface area contributed by atoms with Gasteiger partial charge in [0, 0.05) is 56.5 Å². The van der Waals surface area contributed by atoms with Crippen LogP contribution in [0.4, 0.5) is 5.82 Å². The molecule has 2 heterocycles. The summed E-state index contributed by atoms with van der Waals surface area (Å²) in [6.07, 6.45) is 1.56. The number of carbonyl (C=O) groups is 1. The minimum Gasteiger partial charge on any atom is -0.497 e. The van der Waals surface area contributed by atoms with E-state index in [4.69, 9.17) is 4.74 Å². The van der Waals surface area contributed by atoms with Gasteiger partial charge in [-0.15, -0.1) is 0 Å². The first-order chi connectivity index (χ1) is 17.4. The van der Waals surface area contributed by atoms with E-state index in [1.54, 1.807) is 44.3 Å². The minimum absolute atomic E-state index is 0.108. The highest BCUT2D eigenvalue weighted by Gasteiger charge is 2.25. The van der Waals surface area contributed by atoms with E-state index in [2.05, 4.69) is 14.9 Å². The van der Waals surface area contributed by atoms with Gasteiger partial charge in [-0.3, -0.25) is 4.79 Å². The average Bonchev–Trinajstić information content (AvgIpc) is 2.93. The maximum absolute atomic E-state index is 13.1. The number of anilines is 1. The first kappa shape index (κ1) is 25.6. The highest BCUT2D eigenvalue weighted by atomic mass is 32.2. The molecule has 1 amide bonds. The Morgan fingerprint density at radius 1 is 0.944 bits per heavy atom. The maximum atomic E-state index is 13.1. The molecule has 0 saturated carbocycles.